The van der Waals surface area contributed by atoms with Crippen LogP contribution in [0.25, 0.3) is 0 Å². The number of rotatable bonds is 6. The van der Waals surface area contributed by atoms with Crippen molar-refractivity contribution in [2.45, 2.75) is 26.4 Å². The molecule has 0 heterocycles. The Hall–Kier alpha value is -0.280. The molecule has 0 aliphatic rings. The van der Waals surface area contributed by atoms with E-state index in [2.05, 4.69) is 0 Å². The highest BCUT2D eigenvalue weighted by atomic mass is 35.5. The fourth-order valence-electron chi connectivity index (χ4n) is 0.800. The fourth-order valence-corrected chi connectivity index (χ4v) is 0.998. The van der Waals surface area contributed by atoms with Gasteiger partial charge in [0.25, 0.3) is 0 Å². The minimum absolute atomic E-state index is 0.212. The molecule has 12 heavy (non-hydrogen) atoms. The number of carbonyl (C=O) groups excluding carboxylic acids is 1. The molecule has 0 bridgehead atoms. The van der Waals surface area contributed by atoms with Gasteiger partial charge in [-0.15, -0.1) is 11.6 Å². The van der Waals surface area contributed by atoms with E-state index in [1.54, 1.807) is 6.92 Å². The van der Waals surface area contributed by atoms with Crippen molar-refractivity contribution in [3.63, 3.8) is 0 Å². The summed E-state index contributed by atoms with van der Waals surface area (Å²) in [6.07, 6.45) is 0.0290. The van der Waals surface area contributed by atoms with E-state index < -0.39 is 0 Å². The van der Waals surface area contributed by atoms with Crippen molar-refractivity contribution >= 4 is 17.6 Å². The van der Waals surface area contributed by atoms with Crippen LogP contribution in [0, 0.1) is 0 Å². The van der Waals surface area contributed by atoms with E-state index in [0.29, 0.717) is 19.1 Å². The molecule has 72 valence electrons. The predicted octanol–water partition coefficient (Wildman–Crippen LogP) is 1.58. The smallest absolute Gasteiger partial charge is 0.308 e. The Labute approximate surface area is 78.0 Å². The first-order valence-electron chi connectivity index (χ1n) is 4.07. The molecule has 4 heteroatoms. The minimum atomic E-state index is -0.253. The van der Waals surface area contributed by atoms with E-state index >= 15 is 0 Å². The third-order valence-corrected chi connectivity index (χ3v) is 1.62. The van der Waals surface area contributed by atoms with Crippen LogP contribution in [0.3, 0.4) is 0 Å². The maximum atomic E-state index is 10.9. The maximum absolute atomic E-state index is 10.9. The van der Waals surface area contributed by atoms with Crippen LogP contribution in [0.2, 0.25) is 0 Å². The standard InChI is InChI=1S/C8H15ClO3/c1-3-11-7(6-9)5-8(10)12-4-2/h7H,3-6H2,1-2H3. The van der Waals surface area contributed by atoms with Gasteiger partial charge in [-0.05, 0) is 13.8 Å². The van der Waals surface area contributed by atoms with Gasteiger partial charge in [0.1, 0.15) is 0 Å². The van der Waals surface area contributed by atoms with Crippen LogP contribution < -0.4 is 0 Å². The molecule has 0 saturated carbocycles. The van der Waals surface area contributed by atoms with Crippen LogP contribution in [-0.2, 0) is 14.3 Å². The van der Waals surface area contributed by atoms with Crippen molar-refractivity contribution in [1.29, 1.82) is 0 Å². The van der Waals surface area contributed by atoms with Crippen LogP contribution in [0.4, 0.5) is 0 Å². The number of ether oxygens (including phenoxy) is 2. The van der Waals surface area contributed by atoms with Gasteiger partial charge in [-0.2, -0.15) is 0 Å². The molecule has 0 spiro atoms. The van der Waals surface area contributed by atoms with Gasteiger partial charge in [0, 0.05) is 12.5 Å². The highest BCUT2D eigenvalue weighted by Crippen LogP contribution is 2.02. The van der Waals surface area contributed by atoms with Gasteiger partial charge in [0.15, 0.2) is 0 Å². The lowest BCUT2D eigenvalue weighted by Crippen LogP contribution is -2.20. The average Bonchev–Trinajstić information content (AvgIpc) is 2.04. The van der Waals surface area contributed by atoms with Gasteiger partial charge in [-0.1, -0.05) is 0 Å². The van der Waals surface area contributed by atoms with Crippen molar-refractivity contribution in [1.82, 2.24) is 0 Å². The summed E-state index contributed by atoms with van der Waals surface area (Å²) >= 11 is 5.56. The first kappa shape index (κ1) is 11.7. The molecule has 0 N–H and O–H groups in total. The number of hydrogen-bond donors (Lipinski definition) is 0. The molecule has 0 radical (unpaired) electrons. The maximum Gasteiger partial charge on any atom is 0.308 e. The summed E-state index contributed by atoms with van der Waals surface area (Å²) in [5.74, 6) is 0.0729. The Bertz CT molecular complexity index is 127. The van der Waals surface area contributed by atoms with Gasteiger partial charge in [-0.3, -0.25) is 4.79 Å². The Morgan fingerprint density at radius 1 is 1.42 bits per heavy atom. The van der Waals surface area contributed by atoms with Crippen molar-refractivity contribution in [3.05, 3.63) is 0 Å². The number of halogens is 1. The van der Waals surface area contributed by atoms with Crippen LogP contribution in [0.1, 0.15) is 20.3 Å². The Kier molecular flexibility index (Phi) is 7.20. The zero-order chi connectivity index (χ0) is 9.40. The topological polar surface area (TPSA) is 35.5 Å². The normalized spacial score (nSPS) is 12.6. The Balaban J connectivity index is 3.61. The second kappa shape index (κ2) is 7.37. The molecule has 0 aliphatic carbocycles. The second-order valence-corrected chi connectivity index (χ2v) is 2.55. The molecule has 0 aliphatic heterocycles. The number of alkyl halides is 1. The summed E-state index contributed by atoms with van der Waals surface area (Å²) in [6.45, 7) is 4.61. The molecule has 0 aromatic carbocycles. The molecule has 0 fully saturated rings. The van der Waals surface area contributed by atoms with E-state index in [1.165, 1.54) is 0 Å². The van der Waals surface area contributed by atoms with Crippen LogP contribution in [-0.4, -0.2) is 31.2 Å². The van der Waals surface area contributed by atoms with Gasteiger partial charge in [0.05, 0.1) is 19.1 Å². The van der Waals surface area contributed by atoms with Gasteiger partial charge in [-0.25, -0.2) is 0 Å². The summed E-state index contributed by atoms with van der Waals surface area (Å²) in [5, 5.41) is 0. The van der Waals surface area contributed by atoms with E-state index in [1.807, 2.05) is 6.92 Å². The summed E-state index contributed by atoms with van der Waals surface area (Å²) in [5.41, 5.74) is 0. The highest BCUT2D eigenvalue weighted by Gasteiger charge is 2.12. The van der Waals surface area contributed by atoms with Crippen LogP contribution in [0.5, 0.6) is 0 Å². The predicted molar refractivity (Wildman–Crippen MR) is 47.4 cm³/mol. The zero-order valence-corrected chi connectivity index (χ0v) is 8.26. The molecule has 0 aromatic heterocycles. The first-order valence-corrected chi connectivity index (χ1v) is 4.61. The zero-order valence-electron chi connectivity index (χ0n) is 7.51. The molecular formula is C8H15ClO3. The Morgan fingerprint density at radius 2 is 2.08 bits per heavy atom. The van der Waals surface area contributed by atoms with Crippen molar-refractivity contribution in [3.8, 4) is 0 Å². The number of hydrogen-bond acceptors (Lipinski definition) is 3. The summed E-state index contributed by atoms with van der Waals surface area (Å²) in [7, 11) is 0. The molecule has 0 amide bonds. The van der Waals surface area contributed by atoms with Crippen LogP contribution >= 0.6 is 11.6 Å². The molecular weight excluding hydrogens is 180 g/mol. The van der Waals surface area contributed by atoms with E-state index in [-0.39, 0.29) is 18.5 Å². The lowest BCUT2D eigenvalue weighted by atomic mass is 10.3. The summed E-state index contributed by atoms with van der Waals surface area (Å²) in [6, 6.07) is 0. The third kappa shape index (κ3) is 5.38. The van der Waals surface area contributed by atoms with Crippen LogP contribution in [0.15, 0.2) is 0 Å². The lowest BCUT2D eigenvalue weighted by molar-refractivity contribution is -0.145. The lowest BCUT2D eigenvalue weighted by Gasteiger charge is -2.12. The number of esters is 1. The minimum Gasteiger partial charge on any atom is -0.466 e. The average molecular weight is 195 g/mol. The SMILES string of the molecule is CCOC(=O)CC(CCl)OCC. The molecule has 1 atom stereocenters. The van der Waals surface area contributed by atoms with E-state index in [9.17, 15) is 4.79 Å². The molecule has 0 saturated heterocycles. The molecule has 0 rings (SSSR count). The number of carbonyl (C=O) groups is 1. The van der Waals surface area contributed by atoms with Crippen molar-refractivity contribution in [2.24, 2.45) is 0 Å². The largest absolute Gasteiger partial charge is 0.466 e. The van der Waals surface area contributed by atoms with Gasteiger partial charge >= 0.3 is 5.97 Å². The molecule has 3 nitrogen and oxygen atoms in total. The summed E-state index contributed by atoms with van der Waals surface area (Å²) < 4.78 is 9.92. The third-order valence-electron chi connectivity index (χ3n) is 1.27. The Morgan fingerprint density at radius 3 is 2.50 bits per heavy atom. The van der Waals surface area contributed by atoms with Gasteiger partial charge < -0.3 is 9.47 Å². The quantitative estimate of drug-likeness (QED) is 0.476. The first-order chi connectivity index (χ1) is 5.74. The summed E-state index contributed by atoms with van der Waals surface area (Å²) in [4.78, 5) is 10.9. The van der Waals surface area contributed by atoms with Crippen molar-refractivity contribution in [2.75, 3.05) is 19.1 Å². The monoisotopic (exact) mass is 194 g/mol. The molecule has 1 unspecified atom stereocenters. The van der Waals surface area contributed by atoms with Crippen molar-refractivity contribution < 1.29 is 14.3 Å². The molecule has 0 aromatic rings. The fraction of sp³-hybridized carbons (Fsp3) is 0.875. The van der Waals surface area contributed by atoms with E-state index in [0.717, 1.165) is 0 Å². The highest BCUT2D eigenvalue weighted by molar-refractivity contribution is 6.18. The van der Waals surface area contributed by atoms with E-state index in [4.69, 9.17) is 21.1 Å². The van der Waals surface area contributed by atoms with Gasteiger partial charge in [0.2, 0.25) is 0 Å². The second-order valence-electron chi connectivity index (χ2n) is 2.24.